The molecule has 0 fully saturated rings. The standard InChI is InChI=1S/C15H22N4O/c1-3-15(4-2,10-20)9-16-13-6-5-7-14(8-13)19-11-17-18-12-19/h5-8,11-12,16,20H,3-4,9-10H2,1-2H3. The van der Waals surface area contributed by atoms with Gasteiger partial charge in [-0.1, -0.05) is 19.9 Å². The van der Waals surface area contributed by atoms with Gasteiger partial charge in [-0.05, 0) is 31.0 Å². The maximum Gasteiger partial charge on any atom is 0.123 e. The molecule has 1 heterocycles. The monoisotopic (exact) mass is 274 g/mol. The molecule has 1 aromatic heterocycles. The average Bonchev–Trinajstić information content (AvgIpc) is 3.04. The van der Waals surface area contributed by atoms with Crippen LogP contribution in [0.25, 0.3) is 5.69 Å². The number of aromatic nitrogens is 3. The summed E-state index contributed by atoms with van der Waals surface area (Å²) in [5, 5.41) is 20.7. The topological polar surface area (TPSA) is 63.0 Å². The predicted molar refractivity (Wildman–Crippen MR) is 79.9 cm³/mol. The Balaban J connectivity index is 2.09. The second-order valence-corrected chi connectivity index (χ2v) is 5.14. The minimum absolute atomic E-state index is 0.0490. The molecular formula is C15H22N4O. The summed E-state index contributed by atoms with van der Waals surface area (Å²) in [6, 6.07) is 8.09. The van der Waals surface area contributed by atoms with Crippen LogP contribution in [0.1, 0.15) is 26.7 Å². The maximum atomic E-state index is 9.60. The van der Waals surface area contributed by atoms with Crippen molar-refractivity contribution in [2.45, 2.75) is 26.7 Å². The molecule has 2 aromatic rings. The van der Waals surface area contributed by atoms with Gasteiger partial charge in [-0.25, -0.2) is 0 Å². The molecule has 2 rings (SSSR count). The van der Waals surface area contributed by atoms with Crippen molar-refractivity contribution in [3.8, 4) is 5.69 Å². The fraction of sp³-hybridized carbons (Fsp3) is 0.467. The molecule has 5 nitrogen and oxygen atoms in total. The lowest BCUT2D eigenvalue weighted by atomic mass is 9.83. The van der Waals surface area contributed by atoms with Gasteiger partial charge in [0, 0.05) is 17.6 Å². The highest BCUT2D eigenvalue weighted by atomic mass is 16.3. The van der Waals surface area contributed by atoms with Gasteiger partial charge in [-0.2, -0.15) is 0 Å². The number of anilines is 1. The number of aliphatic hydroxyl groups excluding tert-OH is 1. The molecule has 0 saturated carbocycles. The zero-order valence-corrected chi connectivity index (χ0v) is 12.1. The van der Waals surface area contributed by atoms with Gasteiger partial charge >= 0.3 is 0 Å². The summed E-state index contributed by atoms with van der Waals surface area (Å²) < 4.78 is 1.87. The highest BCUT2D eigenvalue weighted by Crippen LogP contribution is 2.26. The SMILES string of the molecule is CCC(CC)(CO)CNc1cccc(-n2cnnc2)c1. The minimum atomic E-state index is -0.0490. The van der Waals surface area contributed by atoms with E-state index in [0.717, 1.165) is 30.8 Å². The normalized spacial score (nSPS) is 11.6. The van der Waals surface area contributed by atoms with Crippen LogP contribution in [0.4, 0.5) is 5.69 Å². The van der Waals surface area contributed by atoms with Crippen LogP contribution >= 0.6 is 0 Å². The second-order valence-electron chi connectivity index (χ2n) is 5.14. The van der Waals surface area contributed by atoms with Crippen molar-refractivity contribution in [1.29, 1.82) is 0 Å². The Hall–Kier alpha value is -1.88. The molecule has 20 heavy (non-hydrogen) atoms. The lowest BCUT2D eigenvalue weighted by molar-refractivity contribution is 0.127. The highest BCUT2D eigenvalue weighted by Gasteiger charge is 2.24. The molecule has 0 aliphatic heterocycles. The third kappa shape index (κ3) is 3.17. The van der Waals surface area contributed by atoms with E-state index in [1.165, 1.54) is 0 Å². The summed E-state index contributed by atoms with van der Waals surface area (Å²) in [6.45, 7) is 5.21. The third-order valence-corrected chi connectivity index (χ3v) is 4.07. The fourth-order valence-electron chi connectivity index (χ4n) is 2.18. The Bertz CT molecular complexity index is 512. The first-order valence-electron chi connectivity index (χ1n) is 7.03. The van der Waals surface area contributed by atoms with Crippen molar-refractivity contribution >= 4 is 5.69 Å². The number of aliphatic hydroxyl groups is 1. The predicted octanol–water partition coefficient (Wildman–Crippen LogP) is 2.48. The van der Waals surface area contributed by atoms with Crippen LogP contribution in [0.2, 0.25) is 0 Å². The molecule has 0 bridgehead atoms. The zero-order valence-electron chi connectivity index (χ0n) is 12.1. The summed E-state index contributed by atoms with van der Waals surface area (Å²) in [7, 11) is 0. The van der Waals surface area contributed by atoms with Gasteiger partial charge in [0.15, 0.2) is 0 Å². The zero-order chi connectivity index (χ0) is 14.4. The Morgan fingerprint density at radius 1 is 1.20 bits per heavy atom. The first-order chi connectivity index (χ1) is 9.73. The number of benzene rings is 1. The van der Waals surface area contributed by atoms with Crippen LogP contribution in [0.5, 0.6) is 0 Å². The highest BCUT2D eigenvalue weighted by molar-refractivity contribution is 5.51. The van der Waals surface area contributed by atoms with Crippen LogP contribution < -0.4 is 5.32 Å². The Labute approximate surface area is 119 Å². The molecule has 0 amide bonds. The number of nitrogens with one attached hydrogen (secondary N) is 1. The van der Waals surface area contributed by atoms with Gasteiger partial charge in [0.05, 0.1) is 12.3 Å². The number of hydrogen-bond acceptors (Lipinski definition) is 4. The quantitative estimate of drug-likeness (QED) is 0.814. The van der Waals surface area contributed by atoms with Crippen LogP contribution in [-0.4, -0.2) is 33.0 Å². The molecule has 0 aliphatic rings. The molecule has 1 aromatic carbocycles. The number of rotatable bonds is 7. The van der Waals surface area contributed by atoms with Crippen molar-refractivity contribution in [2.75, 3.05) is 18.5 Å². The summed E-state index contributed by atoms with van der Waals surface area (Å²) in [5.74, 6) is 0. The fourth-order valence-corrected chi connectivity index (χ4v) is 2.18. The molecule has 0 spiro atoms. The summed E-state index contributed by atoms with van der Waals surface area (Å²) in [4.78, 5) is 0. The van der Waals surface area contributed by atoms with Crippen LogP contribution in [-0.2, 0) is 0 Å². The second kappa shape index (κ2) is 6.52. The van der Waals surface area contributed by atoms with Crippen molar-refractivity contribution in [3.63, 3.8) is 0 Å². The van der Waals surface area contributed by atoms with E-state index in [9.17, 15) is 5.11 Å². The number of hydrogen-bond donors (Lipinski definition) is 2. The van der Waals surface area contributed by atoms with Gasteiger partial charge in [0.25, 0.3) is 0 Å². The van der Waals surface area contributed by atoms with Crippen LogP contribution in [0, 0.1) is 5.41 Å². The van der Waals surface area contributed by atoms with Crippen molar-refractivity contribution in [2.24, 2.45) is 5.41 Å². The van der Waals surface area contributed by atoms with E-state index in [4.69, 9.17) is 0 Å². The average molecular weight is 274 g/mol. The largest absolute Gasteiger partial charge is 0.396 e. The van der Waals surface area contributed by atoms with Crippen LogP contribution in [0.15, 0.2) is 36.9 Å². The van der Waals surface area contributed by atoms with E-state index in [1.54, 1.807) is 12.7 Å². The smallest absolute Gasteiger partial charge is 0.123 e. The molecular weight excluding hydrogens is 252 g/mol. The Morgan fingerprint density at radius 2 is 1.90 bits per heavy atom. The molecule has 2 N–H and O–H groups in total. The Morgan fingerprint density at radius 3 is 2.50 bits per heavy atom. The maximum absolute atomic E-state index is 9.60. The molecule has 0 radical (unpaired) electrons. The summed E-state index contributed by atoms with van der Waals surface area (Å²) in [6.07, 6.45) is 5.26. The van der Waals surface area contributed by atoms with E-state index >= 15 is 0 Å². The molecule has 0 saturated heterocycles. The Kier molecular flexibility index (Phi) is 4.74. The van der Waals surface area contributed by atoms with Crippen LogP contribution in [0.3, 0.4) is 0 Å². The summed E-state index contributed by atoms with van der Waals surface area (Å²) >= 11 is 0. The van der Waals surface area contributed by atoms with Gasteiger partial charge < -0.3 is 10.4 Å². The van der Waals surface area contributed by atoms with E-state index in [-0.39, 0.29) is 12.0 Å². The van der Waals surface area contributed by atoms with Crippen molar-refractivity contribution in [1.82, 2.24) is 14.8 Å². The lowest BCUT2D eigenvalue weighted by Crippen LogP contribution is -2.32. The van der Waals surface area contributed by atoms with Crippen molar-refractivity contribution < 1.29 is 5.11 Å². The molecule has 5 heteroatoms. The van der Waals surface area contributed by atoms with E-state index in [1.807, 2.05) is 22.8 Å². The summed E-state index contributed by atoms with van der Waals surface area (Å²) in [5.41, 5.74) is 2.01. The molecule has 0 aliphatic carbocycles. The minimum Gasteiger partial charge on any atom is -0.396 e. The van der Waals surface area contributed by atoms with Gasteiger partial charge in [-0.15, -0.1) is 10.2 Å². The van der Waals surface area contributed by atoms with Crippen molar-refractivity contribution in [3.05, 3.63) is 36.9 Å². The van der Waals surface area contributed by atoms with Gasteiger partial charge in [-0.3, -0.25) is 4.57 Å². The van der Waals surface area contributed by atoms with Gasteiger partial charge in [0.2, 0.25) is 0 Å². The number of nitrogens with zero attached hydrogens (tertiary/aromatic N) is 3. The molecule has 108 valence electrons. The van der Waals surface area contributed by atoms with E-state index < -0.39 is 0 Å². The van der Waals surface area contributed by atoms with E-state index in [2.05, 4.69) is 35.4 Å². The van der Waals surface area contributed by atoms with E-state index in [0.29, 0.717) is 0 Å². The van der Waals surface area contributed by atoms with Gasteiger partial charge in [0.1, 0.15) is 12.7 Å². The molecule has 0 unspecified atom stereocenters. The lowest BCUT2D eigenvalue weighted by Gasteiger charge is -2.30. The first-order valence-corrected chi connectivity index (χ1v) is 7.03. The third-order valence-electron chi connectivity index (χ3n) is 4.07. The first kappa shape index (κ1) is 14.5. The molecule has 0 atom stereocenters.